The number of hydrogen-bond donors (Lipinski definition) is 1. The van der Waals surface area contributed by atoms with E-state index in [-0.39, 0.29) is 11.8 Å². The molecule has 0 bridgehead atoms. The van der Waals surface area contributed by atoms with Crippen LogP contribution in [0.4, 0.5) is 5.69 Å². The number of nitrogens with one attached hydrogen (secondary N) is 1. The predicted octanol–water partition coefficient (Wildman–Crippen LogP) is 2.78. The van der Waals surface area contributed by atoms with Crippen molar-refractivity contribution in [2.24, 2.45) is 0 Å². The number of anilines is 1. The van der Waals surface area contributed by atoms with Crippen molar-refractivity contribution in [3.05, 3.63) is 28.2 Å². The molecule has 0 radical (unpaired) electrons. The molecule has 1 N–H and O–H groups in total. The summed E-state index contributed by atoms with van der Waals surface area (Å²) in [5.41, 5.74) is 0.922. The normalized spacial score (nSPS) is 26.6. The van der Waals surface area contributed by atoms with Crippen LogP contribution in [-0.4, -0.2) is 23.4 Å². The Morgan fingerprint density at radius 3 is 2.65 bits per heavy atom. The maximum Gasteiger partial charge on any atom is 0.253 e. The smallest absolute Gasteiger partial charge is 0.253 e. The Labute approximate surface area is 127 Å². The largest absolute Gasteiger partial charge is 0.340 e. The number of rotatable bonds is 2. The first kappa shape index (κ1) is 15.0. The second-order valence-electron chi connectivity index (χ2n) is 5.46. The molecule has 2 unspecified atom stereocenters. The molecule has 1 fully saturated rings. The van der Waals surface area contributed by atoms with Gasteiger partial charge in [0.25, 0.3) is 5.91 Å². The summed E-state index contributed by atoms with van der Waals surface area (Å²) in [4.78, 5) is 26.6. The summed E-state index contributed by atoms with van der Waals surface area (Å²) in [5, 5.41) is 2.83. The molecule has 0 spiro atoms. The van der Waals surface area contributed by atoms with Crippen molar-refractivity contribution in [3.63, 3.8) is 0 Å². The summed E-state index contributed by atoms with van der Waals surface area (Å²) < 4.78 is 0.891. The maximum absolute atomic E-state index is 12.8. The van der Waals surface area contributed by atoms with Gasteiger partial charge in [-0.15, -0.1) is 0 Å². The molecule has 1 aromatic rings. The maximum atomic E-state index is 12.8. The highest BCUT2D eigenvalue weighted by atomic mass is 79.9. The number of benzene rings is 1. The predicted molar refractivity (Wildman–Crippen MR) is 82.7 cm³/mol. The van der Waals surface area contributed by atoms with Crippen LogP contribution < -0.4 is 10.2 Å². The van der Waals surface area contributed by atoms with Crippen LogP contribution in [0.25, 0.3) is 0 Å². The fraction of sp³-hybridized carbons (Fsp3) is 0.467. The van der Waals surface area contributed by atoms with Crippen molar-refractivity contribution in [2.75, 3.05) is 4.90 Å². The zero-order chi connectivity index (χ0) is 15.1. The number of piperazine rings is 1. The van der Waals surface area contributed by atoms with Crippen molar-refractivity contribution in [2.45, 2.75) is 45.7 Å². The zero-order valence-corrected chi connectivity index (χ0v) is 13.7. The van der Waals surface area contributed by atoms with Gasteiger partial charge in [-0.1, -0.05) is 28.9 Å². The Hall–Kier alpha value is -1.36. The van der Waals surface area contributed by atoms with E-state index in [0.717, 1.165) is 15.7 Å². The van der Waals surface area contributed by atoms with Gasteiger partial charge in [0, 0.05) is 10.2 Å². The Morgan fingerprint density at radius 1 is 1.40 bits per heavy atom. The van der Waals surface area contributed by atoms with Crippen molar-refractivity contribution >= 4 is 33.4 Å². The molecule has 1 aromatic carbocycles. The van der Waals surface area contributed by atoms with E-state index in [0.29, 0.717) is 6.42 Å². The number of hydrogen-bond acceptors (Lipinski definition) is 2. The van der Waals surface area contributed by atoms with Gasteiger partial charge in [-0.25, -0.2) is 0 Å². The average molecular weight is 339 g/mol. The van der Waals surface area contributed by atoms with Gasteiger partial charge in [-0.05, 0) is 44.9 Å². The number of amides is 2. The average Bonchev–Trinajstić information content (AvgIpc) is 2.41. The molecule has 1 aliphatic heterocycles. The van der Waals surface area contributed by atoms with Gasteiger partial charge in [-0.2, -0.15) is 0 Å². The van der Waals surface area contributed by atoms with Crippen molar-refractivity contribution < 1.29 is 9.59 Å². The second-order valence-corrected chi connectivity index (χ2v) is 6.37. The summed E-state index contributed by atoms with van der Waals surface area (Å²) >= 11 is 3.42. The number of nitrogens with zero attached hydrogens (tertiary/aromatic N) is 1. The van der Waals surface area contributed by atoms with Crippen molar-refractivity contribution in [1.29, 1.82) is 0 Å². The van der Waals surface area contributed by atoms with Crippen LogP contribution in [0.1, 0.15) is 32.8 Å². The lowest BCUT2D eigenvalue weighted by Gasteiger charge is -2.43. The highest BCUT2D eigenvalue weighted by molar-refractivity contribution is 9.10. The minimum atomic E-state index is -0.835. The molecule has 20 heavy (non-hydrogen) atoms. The first-order valence-electron chi connectivity index (χ1n) is 6.72. The third-order valence-corrected chi connectivity index (χ3v) is 4.49. The summed E-state index contributed by atoms with van der Waals surface area (Å²) in [6, 6.07) is 5.25. The molecule has 1 heterocycles. The van der Waals surface area contributed by atoms with Crippen LogP contribution in [-0.2, 0) is 9.59 Å². The fourth-order valence-corrected chi connectivity index (χ4v) is 2.74. The lowest BCUT2D eigenvalue weighted by molar-refractivity contribution is -0.137. The van der Waals surface area contributed by atoms with Crippen LogP contribution in [0.5, 0.6) is 0 Å². The SMILES string of the molecule is CCC1(C)NC(=O)C(C)N(c2cc(Br)ccc2C)C1=O. The Morgan fingerprint density at radius 2 is 2.05 bits per heavy atom. The van der Waals surface area contributed by atoms with Gasteiger partial charge in [-0.3, -0.25) is 14.5 Å². The highest BCUT2D eigenvalue weighted by Crippen LogP contribution is 2.31. The summed E-state index contributed by atoms with van der Waals surface area (Å²) in [6.07, 6.45) is 0.563. The molecular weight excluding hydrogens is 320 g/mol. The quantitative estimate of drug-likeness (QED) is 0.901. The first-order valence-corrected chi connectivity index (χ1v) is 7.51. The molecule has 108 valence electrons. The lowest BCUT2D eigenvalue weighted by atomic mass is 9.91. The molecule has 2 atom stereocenters. The van der Waals surface area contributed by atoms with Gasteiger partial charge in [0.1, 0.15) is 11.6 Å². The molecular formula is C15H19BrN2O2. The molecule has 0 aliphatic carbocycles. The molecule has 0 aromatic heterocycles. The van der Waals surface area contributed by atoms with E-state index in [9.17, 15) is 9.59 Å². The lowest BCUT2D eigenvalue weighted by Crippen LogP contribution is -2.68. The number of halogens is 1. The number of carbonyl (C=O) groups is 2. The van der Waals surface area contributed by atoms with E-state index in [4.69, 9.17) is 0 Å². The molecule has 5 heteroatoms. The Bertz CT molecular complexity index is 573. The first-order chi connectivity index (χ1) is 9.30. The second kappa shape index (κ2) is 5.20. The summed E-state index contributed by atoms with van der Waals surface area (Å²) in [7, 11) is 0. The zero-order valence-electron chi connectivity index (χ0n) is 12.2. The van der Waals surface area contributed by atoms with E-state index in [1.165, 1.54) is 0 Å². The standard InChI is InChI=1S/C15H19BrN2O2/c1-5-15(4)14(20)18(10(3)13(19)17-15)12-8-11(16)7-6-9(12)2/h6-8,10H,5H2,1-4H3,(H,17,19). The third-order valence-electron chi connectivity index (χ3n) is 3.99. The van der Waals surface area contributed by atoms with Crippen LogP contribution in [0, 0.1) is 6.92 Å². The van der Waals surface area contributed by atoms with E-state index in [1.807, 2.05) is 32.0 Å². The van der Waals surface area contributed by atoms with Gasteiger partial charge >= 0.3 is 0 Å². The minimum absolute atomic E-state index is 0.0618. The number of aryl methyl sites for hydroxylation is 1. The molecule has 2 rings (SSSR count). The van der Waals surface area contributed by atoms with Crippen molar-refractivity contribution in [1.82, 2.24) is 5.32 Å². The molecule has 2 amide bonds. The molecule has 4 nitrogen and oxygen atoms in total. The Kier molecular flexibility index (Phi) is 3.91. The molecule has 0 saturated carbocycles. The van der Waals surface area contributed by atoms with E-state index in [1.54, 1.807) is 18.7 Å². The van der Waals surface area contributed by atoms with Crippen molar-refractivity contribution in [3.8, 4) is 0 Å². The van der Waals surface area contributed by atoms with Crippen LogP contribution in [0.15, 0.2) is 22.7 Å². The molecule has 1 saturated heterocycles. The third kappa shape index (κ3) is 2.35. The van der Waals surface area contributed by atoms with Crippen LogP contribution in [0.3, 0.4) is 0 Å². The van der Waals surface area contributed by atoms with Gasteiger partial charge in [0.15, 0.2) is 0 Å². The van der Waals surface area contributed by atoms with Gasteiger partial charge in [0.2, 0.25) is 5.91 Å². The monoisotopic (exact) mass is 338 g/mol. The molecule has 1 aliphatic rings. The fourth-order valence-electron chi connectivity index (χ4n) is 2.39. The van der Waals surface area contributed by atoms with E-state index >= 15 is 0 Å². The van der Waals surface area contributed by atoms with E-state index < -0.39 is 11.6 Å². The topological polar surface area (TPSA) is 49.4 Å². The summed E-state index contributed by atoms with van der Waals surface area (Å²) in [6.45, 7) is 7.37. The van der Waals surface area contributed by atoms with Gasteiger partial charge in [0.05, 0.1) is 0 Å². The van der Waals surface area contributed by atoms with E-state index in [2.05, 4.69) is 21.2 Å². The van der Waals surface area contributed by atoms with Gasteiger partial charge < -0.3 is 5.32 Å². The number of carbonyl (C=O) groups excluding carboxylic acids is 2. The summed E-state index contributed by atoms with van der Waals surface area (Å²) in [5.74, 6) is -0.179. The minimum Gasteiger partial charge on any atom is -0.340 e. The van der Waals surface area contributed by atoms with Crippen LogP contribution >= 0.6 is 15.9 Å². The Balaban J connectivity index is 2.54. The highest BCUT2D eigenvalue weighted by Gasteiger charge is 2.46. The van der Waals surface area contributed by atoms with Crippen LogP contribution in [0.2, 0.25) is 0 Å².